The van der Waals surface area contributed by atoms with Gasteiger partial charge in [-0.3, -0.25) is 4.79 Å². The van der Waals surface area contributed by atoms with E-state index in [9.17, 15) is 4.79 Å². The molecule has 0 saturated heterocycles. The van der Waals surface area contributed by atoms with Gasteiger partial charge in [-0.05, 0) is 70.7 Å². The van der Waals surface area contributed by atoms with Crippen LogP contribution in [-0.2, 0) is 20.1 Å². The van der Waals surface area contributed by atoms with Crippen molar-refractivity contribution in [1.29, 1.82) is 0 Å². The van der Waals surface area contributed by atoms with Gasteiger partial charge in [-0.1, -0.05) is 54.6 Å². The fourth-order valence-electron chi connectivity index (χ4n) is 4.36. The molecular weight excluding hydrogens is 402 g/mol. The fourth-order valence-corrected chi connectivity index (χ4v) is 5.77. The van der Waals surface area contributed by atoms with Crippen LogP contribution in [0.15, 0.2) is 54.6 Å². The largest absolute Gasteiger partial charge is 0.395 e. The molecule has 162 valence electrons. The van der Waals surface area contributed by atoms with Gasteiger partial charge in [0.25, 0.3) is 0 Å². The maximum Gasteiger partial charge on any atom is 0.331 e. The molecule has 0 bridgehead atoms. The first-order valence-electron chi connectivity index (χ1n) is 11.2. The molecule has 31 heavy (non-hydrogen) atoms. The number of aryl methyl sites for hydroxylation is 1. The predicted octanol–water partition coefficient (Wildman–Crippen LogP) is 5.78. The summed E-state index contributed by atoms with van der Waals surface area (Å²) in [5.41, 5.74) is 1.23. The fraction of sp³-hybridized carbons (Fsp3) is 0.346. The minimum atomic E-state index is -2.01. The van der Waals surface area contributed by atoms with Crippen LogP contribution < -0.4 is 5.32 Å². The highest BCUT2D eigenvalue weighted by atomic mass is 28.4. The zero-order valence-corrected chi connectivity index (χ0v) is 19.7. The second-order valence-corrected chi connectivity index (χ2v) is 11.8. The van der Waals surface area contributed by atoms with Crippen molar-refractivity contribution in [1.82, 2.24) is 5.32 Å². The summed E-state index contributed by atoms with van der Waals surface area (Å²) in [4.78, 5) is 12.4. The molecule has 4 aromatic carbocycles. The Labute approximate surface area is 185 Å². The maximum atomic E-state index is 12.4. The molecule has 0 fully saturated rings. The van der Waals surface area contributed by atoms with E-state index in [1.54, 1.807) is 0 Å². The third-order valence-corrected chi connectivity index (χ3v) is 7.71. The third-order valence-electron chi connectivity index (χ3n) is 5.83. The Bertz CT molecular complexity index is 1170. The molecule has 1 N–H and O–H groups in total. The average molecular weight is 434 g/mol. The Morgan fingerprint density at radius 3 is 2.32 bits per heavy atom. The van der Waals surface area contributed by atoms with Crippen LogP contribution in [0.3, 0.4) is 0 Å². The Morgan fingerprint density at radius 1 is 0.903 bits per heavy atom. The molecule has 4 rings (SSSR count). The highest BCUT2D eigenvalue weighted by Gasteiger charge is 2.23. The Balaban J connectivity index is 1.36. The zero-order chi connectivity index (χ0) is 21.8. The highest BCUT2D eigenvalue weighted by molar-refractivity contribution is 6.64. The topological polar surface area (TPSA) is 47.6 Å². The van der Waals surface area contributed by atoms with E-state index in [4.69, 9.17) is 8.85 Å². The molecule has 0 aliphatic carbocycles. The van der Waals surface area contributed by atoms with Gasteiger partial charge in [-0.25, -0.2) is 0 Å². The lowest BCUT2D eigenvalue weighted by atomic mass is 9.91. The number of benzene rings is 4. The highest BCUT2D eigenvalue weighted by Crippen LogP contribution is 2.36. The average Bonchev–Trinajstić information content (AvgIpc) is 2.76. The number of carbonyl (C=O) groups is 1. The molecule has 0 atom stereocenters. The lowest BCUT2D eigenvalue weighted by molar-refractivity contribution is -0.121. The Kier molecular flexibility index (Phi) is 6.56. The van der Waals surface area contributed by atoms with Gasteiger partial charge < -0.3 is 14.2 Å². The summed E-state index contributed by atoms with van der Waals surface area (Å²) in [6, 6.07) is 19.6. The number of carbonyl (C=O) groups excluding carboxylic acids is 1. The predicted molar refractivity (Wildman–Crippen MR) is 131 cm³/mol. The van der Waals surface area contributed by atoms with Crippen molar-refractivity contribution in [3.05, 3.63) is 60.2 Å². The standard InChI is InChI=1S/C26H31NO3Si/c1-4-29-31(2,3)30-18-6-17-27-24(28)16-14-19-9-10-22-12-11-20-7-5-8-21-13-15-23(19)26(22)25(20)21/h5,7-13,15H,4,6,14,16-18H2,1-3H3,(H,27,28). The zero-order valence-electron chi connectivity index (χ0n) is 18.7. The lowest BCUT2D eigenvalue weighted by Gasteiger charge is -2.21. The minimum Gasteiger partial charge on any atom is -0.395 e. The molecule has 0 unspecified atom stereocenters. The number of amides is 1. The van der Waals surface area contributed by atoms with E-state index in [1.807, 2.05) is 20.0 Å². The van der Waals surface area contributed by atoms with Crippen molar-refractivity contribution < 1.29 is 13.6 Å². The van der Waals surface area contributed by atoms with E-state index in [2.05, 4.69) is 59.9 Å². The summed E-state index contributed by atoms with van der Waals surface area (Å²) in [6.07, 6.45) is 2.03. The monoisotopic (exact) mass is 433 g/mol. The first-order valence-corrected chi connectivity index (χ1v) is 14.0. The van der Waals surface area contributed by atoms with Gasteiger partial charge in [0.05, 0.1) is 0 Å². The van der Waals surface area contributed by atoms with E-state index in [0.717, 1.165) is 12.8 Å². The Hall–Kier alpha value is -2.47. The minimum absolute atomic E-state index is 0.0898. The smallest absolute Gasteiger partial charge is 0.331 e. The number of nitrogens with one attached hydrogen (secondary N) is 1. The van der Waals surface area contributed by atoms with Crippen LogP contribution in [0.4, 0.5) is 0 Å². The van der Waals surface area contributed by atoms with Gasteiger partial charge in [0, 0.05) is 26.2 Å². The molecule has 0 spiro atoms. The third kappa shape index (κ3) is 4.90. The second-order valence-electron chi connectivity index (χ2n) is 8.47. The van der Waals surface area contributed by atoms with Crippen molar-refractivity contribution in [2.24, 2.45) is 0 Å². The van der Waals surface area contributed by atoms with E-state index < -0.39 is 8.56 Å². The SMILES string of the molecule is CCO[Si](C)(C)OCCCNC(=O)CCc1ccc2ccc3cccc4ccc1c2c34. The van der Waals surface area contributed by atoms with E-state index >= 15 is 0 Å². The van der Waals surface area contributed by atoms with E-state index in [1.165, 1.54) is 37.9 Å². The molecule has 4 aromatic rings. The van der Waals surface area contributed by atoms with Crippen molar-refractivity contribution in [2.45, 2.75) is 39.3 Å². The first-order chi connectivity index (χ1) is 15.0. The molecule has 1 amide bonds. The molecule has 0 aliphatic heterocycles. The molecule has 0 saturated carbocycles. The van der Waals surface area contributed by atoms with Gasteiger partial charge in [-0.15, -0.1) is 0 Å². The molecule has 0 aromatic heterocycles. The van der Waals surface area contributed by atoms with Gasteiger partial charge >= 0.3 is 8.56 Å². The van der Waals surface area contributed by atoms with Crippen molar-refractivity contribution in [2.75, 3.05) is 19.8 Å². The summed E-state index contributed by atoms with van der Waals surface area (Å²) in [7, 11) is -2.01. The molecular formula is C26H31NO3Si. The summed E-state index contributed by atoms with van der Waals surface area (Å²) >= 11 is 0. The van der Waals surface area contributed by atoms with E-state index in [0.29, 0.717) is 26.2 Å². The van der Waals surface area contributed by atoms with Crippen LogP contribution in [0.25, 0.3) is 32.3 Å². The summed E-state index contributed by atoms with van der Waals surface area (Å²) in [6.45, 7) is 8.01. The van der Waals surface area contributed by atoms with Crippen LogP contribution in [0.2, 0.25) is 13.1 Å². The molecule has 5 heteroatoms. The summed E-state index contributed by atoms with van der Waals surface area (Å²) in [5.74, 6) is 0.0898. The van der Waals surface area contributed by atoms with Crippen LogP contribution in [0.5, 0.6) is 0 Å². The number of hydrogen-bond donors (Lipinski definition) is 1. The molecule has 0 aliphatic rings. The summed E-state index contributed by atoms with van der Waals surface area (Å²) in [5, 5.41) is 10.7. The maximum absolute atomic E-state index is 12.4. The van der Waals surface area contributed by atoms with Crippen molar-refractivity contribution in [3.63, 3.8) is 0 Å². The first kappa shape index (κ1) is 21.7. The normalized spacial score (nSPS) is 12.2. The van der Waals surface area contributed by atoms with Gasteiger partial charge in [0.1, 0.15) is 0 Å². The van der Waals surface area contributed by atoms with Crippen LogP contribution in [-0.4, -0.2) is 34.2 Å². The van der Waals surface area contributed by atoms with Crippen LogP contribution >= 0.6 is 0 Å². The van der Waals surface area contributed by atoms with Gasteiger partial charge in [-0.2, -0.15) is 0 Å². The van der Waals surface area contributed by atoms with Crippen molar-refractivity contribution >= 4 is 46.8 Å². The van der Waals surface area contributed by atoms with Crippen LogP contribution in [0, 0.1) is 0 Å². The van der Waals surface area contributed by atoms with Crippen molar-refractivity contribution in [3.8, 4) is 0 Å². The number of hydrogen-bond acceptors (Lipinski definition) is 3. The Morgan fingerprint density at radius 2 is 1.58 bits per heavy atom. The van der Waals surface area contributed by atoms with Gasteiger partial charge in [0.2, 0.25) is 5.91 Å². The number of rotatable bonds is 10. The second kappa shape index (κ2) is 9.35. The van der Waals surface area contributed by atoms with Crippen LogP contribution in [0.1, 0.15) is 25.3 Å². The quantitative estimate of drug-likeness (QED) is 0.196. The summed E-state index contributed by atoms with van der Waals surface area (Å²) < 4.78 is 11.5. The molecule has 0 radical (unpaired) electrons. The lowest BCUT2D eigenvalue weighted by Crippen LogP contribution is -2.36. The van der Waals surface area contributed by atoms with Gasteiger partial charge in [0.15, 0.2) is 0 Å². The molecule has 0 heterocycles. The van der Waals surface area contributed by atoms with E-state index in [-0.39, 0.29) is 5.91 Å². The molecule has 4 nitrogen and oxygen atoms in total.